The van der Waals surface area contributed by atoms with Crippen molar-refractivity contribution in [3.63, 3.8) is 0 Å². The van der Waals surface area contributed by atoms with Crippen LogP contribution in [-0.2, 0) is 0 Å². The lowest BCUT2D eigenvalue weighted by Gasteiger charge is -2.15. The third-order valence-corrected chi connectivity index (χ3v) is 2.89. The van der Waals surface area contributed by atoms with Gasteiger partial charge in [-0.1, -0.05) is 0 Å². The molecule has 1 aliphatic rings. The minimum Gasteiger partial charge on any atom is -0.393 e. The molecule has 1 heterocycles. The van der Waals surface area contributed by atoms with Gasteiger partial charge >= 0.3 is 0 Å². The van der Waals surface area contributed by atoms with E-state index >= 15 is 0 Å². The van der Waals surface area contributed by atoms with Crippen LogP contribution in [0.3, 0.4) is 0 Å². The van der Waals surface area contributed by atoms with Crippen LogP contribution < -0.4 is 0 Å². The molecule has 2 N–H and O–H groups in total. The first-order chi connectivity index (χ1) is 8.08. The van der Waals surface area contributed by atoms with Gasteiger partial charge in [-0.15, -0.1) is 5.10 Å². The highest BCUT2D eigenvalue weighted by Gasteiger charge is 2.28. The summed E-state index contributed by atoms with van der Waals surface area (Å²) in [4.78, 5) is 17.6. The van der Waals surface area contributed by atoms with E-state index in [-0.39, 0.29) is 11.7 Å². The average molecular weight is 238 g/mol. The molecule has 1 aromatic heterocycles. The Kier molecular flexibility index (Phi) is 3.42. The summed E-state index contributed by atoms with van der Waals surface area (Å²) in [5.41, 5.74) is 0. The summed E-state index contributed by atoms with van der Waals surface area (Å²) in [5.74, 6) is 1.30. The van der Waals surface area contributed by atoms with Crippen molar-refractivity contribution in [2.24, 2.45) is 0 Å². The SMILES string of the molecule is CC(O)CCN(C)C(=O)c1n[nH]c(C2CC2)n1. The predicted octanol–water partition coefficient (Wildman–Crippen LogP) is 0.525. The molecule has 1 unspecified atom stereocenters. The fourth-order valence-corrected chi connectivity index (χ4v) is 1.56. The van der Waals surface area contributed by atoms with E-state index in [0.717, 1.165) is 18.7 Å². The Labute approximate surface area is 100 Å². The molecule has 1 atom stereocenters. The number of aromatic amines is 1. The summed E-state index contributed by atoms with van der Waals surface area (Å²) in [7, 11) is 1.69. The predicted molar refractivity (Wildman–Crippen MR) is 61.6 cm³/mol. The lowest BCUT2D eigenvalue weighted by molar-refractivity contribution is 0.0757. The fourth-order valence-electron chi connectivity index (χ4n) is 1.56. The number of aromatic nitrogens is 3. The van der Waals surface area contributed by atoms with E-state index in [4.69, 9.17) is 5.11 Å². The van der Waals surface area contributed by atoms with Gasteiger partial charge in [0.25, 0.3) is 5.91 Å². The third-order valence-electron chi connectivity index (χ3n) is 2.89. The van der Waals surface area contributed by atoms with Gasteiger partial charge in [-0.2, -0.15) is 0 Å². The van der Waals surface area contributed by atoms with Crippen molar-refractivity contribution in [2.45, 2.75) is 38.2 Å². The molecule has 0 spiro atoms. The summed E-state index contributed by atoms with van der Waals surface area (Å²) >= 11 is 0. The van der Waals surface area contributed by atoms with Crippen LogP contribution in [-0.4, -0.2) is 50.8 Å². The number of amides is 1. The van der Waals surface area contributed by atoms with Gasteiger partial charge in [-0.05, 0) is 26.2 Å². The van der Waals surface area contributed by atoms with Crippen LogP contribution in [0.2, 0.25) is 0 Å². The molecular weight excluding hydrogens is 220 g/mol. The van der Waals surface area contributed by atoms with E-state index in [9.17, 15) is 4.79 Å². The zero-order valence-electron chi connectivity index (χ0n) is 10.2. The second-order valence-electron chi connectivity index (χ2n) is 4.68. The number of carbonyl (C=O) groups excluding carboxylic acids is 1. The maximum Gasteiger partial charge on any atom is 0.293 e. The Morgan fingerprint density at radius 2 is 2.35 bits per heavy atom. The molecule has 0 aliphatic heterocycles. The summed E-state index contributed by atoms with van der Waals surface area (Å²) in [5, 5.41) is 15.9. The molecule has 0 aromatic carbocycles. The molecule has 2 rings (SSSR count). The Morgan fingerprint density at radius 1 is 1.65 bits per heavy atom. The maximum absolute atomic E-state index is 11.9. The zero-order chi connectivity index (χ0) is 12.4. The summed E-state index contributed by atoms with van der Waals surface area (Å²) in [6.45, 7) is 2.21. The van der Waals surface area contributed by atoms with Gasteiger partial charge in [0, 0.05) is 19.5 Å². The molecule has 0 bridgehead atoms. The monoisotopic (exact) mass is 238 g/mol. The molecule has 6 heteroatoms. The maximum atomic E-state index is 11.9. The molecular formula is C11H18N4O2. The van der Waals surface area contributed by atoms with Crippen molar-refractivity contribution in [3.05, 3.63) is 11.6 Å². The van der Waals surface area contributed by atoms with Crippen molar-refractivity contribution < 1.29 is 9.90 Å². The normalized spacial score (nSPS) is 16.9. The highest BCUT2D eigenvalue weighted by molar-refractivity contribution is 5.90. The van der Waals surface area contributed by atoms with Crippen LogP contribution in [0, 0.1) is 0 Å². The number of nitrogens with one attached hydrogen (secondary N) is 1. The van der Waals surface area contributed by atoms with Gasteiger partial charge in [0.1, 0.15) is 5.82 Å². The third kappa shape index (κ3) is 3.03. The van der Waals surface area contributed by atoms with E-state index in [0.29, 0.717) is 18.9 Å². The van der Waals surface area contributed by atoms with E-state index in [1.54, 1.807) is 14.0 Å². The van der Waals surface area contributed by atoms with Crippen molar-refractivity contribution in [2.75, 3.05) is 13.6 Å². The van der Waals surface area contributed by atoms with Gasteiger partial charge < -0.3 is 10.0 Å². The fraction of sp³-hybridized carbons (Fsp3) is 0.727. The molecule has 1 amide bonds. The van der Waals surface area contributed by atoms with Gasteiger partial charge in [0.05, 0.1) is 6.10 Å². The highest BCUT2D eigenvalue weighted by Crippen LogP contribution is 2.37. The van der Waals surface area contributed by atoms with E-state index < -0.39 is 6.10 Å². The van der Waals surface area contributed by atoms with Crippen LogP contribution in [0.1, 0.15) is 48.5 Å². The topological polar surface area (TPSA) is 82.1 Å². The minimum atomic E-state index is -0.403. The molecule has 0 radical (unpaired) electrons. The number of H-pyrrole nitrogens is 1. The number of aliphatic hydroxyl groups excluding tert-OH is 1. The molecule has 1 saturated carbocycles. The highest BCUT2D eigenvalue weighted by atomic mass is 16.3. The zero-order valence-corrected chi connectivity index (χ0v) is 10.2. The van der Waals surface area contributed by atoms with Crippen molar-refractivity contribution in [1.82, 2.24) is 20.1 Å². The summed E-state index contributed by atoms with van der Waals surface area (Å²) in [6.07, 6.45) is 2.41. The second kappa shape index (κ2) is 4.83. The van der Waals surface area contributed by atoms with Crippen molar-refractivity contribution in [1.29, 1.82) is 0 Å². The van der Waals surface area contributed by atoms with Crippen LogP contribution >= 0.6 is 0 Å². The minimum absolute atomic E-state index is 0.200. The number of rotatable bonds is 5. The largest absolute Gasteiger partial charge is 0.393 e. The first-order valence-corrected chi connectivity index (χ1v) is 5.93. The first-order valence-electron chi connectivity index (χ1n) is 5.93. The Morgan fingerprint density at radius 3 is 2.94 bits per heavy atom. The van der Waals surface area contributed by atoms with Gasteiger partial charge in [0.2, 0.25) is 5.82 Å². The smallest absolute Gasteiger partial charge is 0.293 e. The summed E-state index contributed by atoms with van der Waals surface area (Å²) < 4.78 is 0. The number of hydrogen-bond donors (Lipinski definition) is 2. The van der Waals surface area contributed by atoms with Crippen molar-refractivity contribution >= 4 is 5.91 Å². The molecule has 1 aliphatic carbocycles. The Bertz CT molecular complexity index is 398. The van der Waals surface area contributed by atoms with E-state index in [1.807, 2.05) is 0 Å². The molecule has 6 nitrogen and oxygen atoms in total. The summed E-state index contributed by atoms with van der Waals surface area (Å²) in [6, 6.07) is 0. The number of hydrogen-bond acceptors (Lipinski definition) is 4. The van der Waals surface area contributed by atoms with Gasteiger partial charge in [-0.3, -0.25) is 9.89 Å². The average Bonchev–Trinajstić information content (AvgIpc) is 3.03. The standard InChI is InChI=1S/C11H18N4O2/c1-7(16)5-6-15(2)11(17)10-12-9(13-14-10)8-3-4-8/h7-8,16H,3-6H2,1-2H3,(H,12,13,14). The van der Waals surface area contributed by atoms with Crippen molar-refractivity contribution in [3.8, 4) is 0 Å². The molecule has 1 fully saturated rings. The molecule has 17 heavy (non-hydrogen) atoms. The van der Waals surface area contributed by atoms with Gasteiger partial charge in [-0.25, -0.2) is 4.98 Å². The second-order valence-corrected chi connectivity index (χ2v) is 4.68. The van der Waals surface area contributed by atoms with E-state index in [1.165, 1.54) is 4.90 Å². The van der Waals surface area contributed by atoms with Gasteiger partial charge in [0.15, 0.2) is 0 Å². The van der Waals surface area contributed by atoms with Crippen LogP contribution in [0.15, 0.2) is 0 Å². The molecule has 94 valence electrons. The van der Waals surface area contributed by atoms with Crippen LogP contribution in [0.4, 0.5) is 0 Å². The van der Waals surface area contributed by atoms with Crippen LogP contribution in [0.25, 0.3) is 0 Å². The lowest BCUT2D eigenvalue weighted by Crippen LogP contribution is -2.30. The quantitative estimate of drug-likeness (QED) is 0.783. The number of carbonyl (C=O) groups is 1. The molecule has 1 aromatic rings. The lowest BCUT2D eigenvalue weighted by atomic mass is 10.3. The Balaban J connectivity index is 1.92. The number of aliphatic hydroxyl groups is 1. The number of nitrogens with zero attached hydrogens (tertiary/aromatic N) is 3. The first kappa shape index (κ1) is 12.0. The van der Waals surface area contributed by atoms with E-state index in [2.05, 4.69) is 15.2 Å². The Hall–Kier alpha value is -1.43. The van der Waals surface area contributed by atoms with Crippen LogP contribution in [0.5, 0.6) is 0 Å². The molecule has 0 saturated heterocycles.